The number of nitrogen functional groups attached to an aromatic ring is 1. The van der Waals surface area contributed by atoms with Gasteiger partial charge in [-0.3, -0.25) is 4.90 Å². The van der Waals surface area contributed by atoms with E-state index >= 15 is 0 Å². The smallest absolute Gasteiger partial charge is 0.164 e. The summed E-state index contributed by atoms with van der Waals surface area (Å²) in [5.41, 5.74) is 11.7. The van der Waals surface area contributed by atoms with Crippen LogP contribution in [0.4, 0.5) is 5.82 Å². The summed E-state index contributed by atoms with van der Waals surface area (Å²) in [6, 6.07) is 19.2. The second-order valence-electron chi connectivity index (χ2n) is 10.6. The van der Waals surface area contributed by atoms with Crippen LogP contribution >= 0.6 is 0 Å². The van der Waals surface area contributed by atoms with Gasteiger partial charge in [0.25, 0.3) is 0 Å². The second-order valence-corrected chi connectivity index (χ2v) is 10.6. The average Bonchev–Trinajstić information content (AvgIpc) is 3.38. The van der Waals surface area contributed by atoms with Gasteiger partial charge in [0.1, 0.15) is 30.7 Å². The van der Waals surface area contributed by atoms with Crippen molar-refractivity contribution in [3.63, 3.8) is 0 Å². The zero-order chi connectivity index (χ0) is 26.8. The molecule has 0 radical (unpaired) electrons. The molecule has 1 saturated carbocycles. The molecule has 2 aromatic carbocycles. The van der Waals surface area contributed by atoms with Gasteiger partial charge in [0.05, 0.1) is 11.4 Å². The molecule has 9 heteroatoms. The number of fused-ring (bicyclic) bond motifs is 1. The largest absolute Gasteiger partial charge is 0.399 e. The van der Waals surface area contributed by atoms with Crippen molar-refractivity contribution in [1.82, 2.24) is 29.5 Å². The molecule has 2 N–H and O–H groups in total. The minimum absolute atomic E-state index is 0.303. The van der Waals surface area contributed by atoms with E-state index in [1.165, 1.54) is 25.9 Å². The second kappa shape index (κ2) is 11.1. The number of likely N-dealkylation sites (N-methyl/N-ethyl adjacent to an activating group) is 1. The fourth-order valence-corrected chi connectivity index (χ4v) is 6.05. The molecule has 1 aliphatic carbocycles. The van der Waals surface area contributed by atoms with Crippen LogP contribution in [0.25, 0.3) is 22.3 Å². The third-order valence-corrected chi connectivity index (χ3v) is 8.25. The predicted molar refractivity (Wildman–Crippen MR) is 155 cm³/mol. The molecule has 3 heterocycles. The molecular formula is C30H36N8O. The lowest BCUT2D eigenvalue weighted by Gasteiger charge is -2.41. The quantitative estimate of drug-likeness (QED) is 0.298. The Hall–Kier alpha value is -3.82. The van der Waals surface area contributed by atoms with Crippen LogP contribution in [0.15, 0.2) is 66.1 Å². The summed E-state index contributed by atoms with van der Waals surface area (Å²) in [6.07, 6.45) is 6.09. The molecule has 39 heavy (non-hydrogen) atoms. The number of nitrogens with zero attached hydrogens (tertiary/aromatic N) is 7. The first-order chi connectivity index (χ1) is 19.1. The van der Waals surface area contributed by atoms with Gasteiger partial charge in [-0.05, 0) is 32.7 Å². The van der Waals surface area contributed by atoms with Gasteiger partial charge in [0.2, 0.25) is 0 Å². The maximum absolute atomic E-state index is 6.41. The molecule has 0 spiro atoms. The molecule has 0 unspecified atom stereocenters. The summed E-state index contributed by atoms with van der Waals surface area (Å²) >= 11 is 0. The van der Waals surface area contributed by atoms with Gasteiger partial charge in [-0.2, -0.15) is 5.10 Å². The van der Waals surface area contributed by atoms with Crippen molar-refractivity contribution in [3.8, 4) is 11.3 Å². The maximum atomic E-state index is 6.41. The first-order valence-corrected chi connectivity index (χ1v) is 13.8. The van der Waals surface area contributed by atoms with Crippen molar-refractivity contribution >= 4 is 22.6 Å². The van der Waals surface area contributed by atoms with Crippen molar-refractivity contribution in [3.05, 3.63) is 72.1 Å². The van der Waals surface area contributed by atoms with Crippen LogP contribution in [0.1, 0.15) is 42.9 Å². The SMILES string of the molecule is CO/N=C(\c1ccccc1)c1ccc(-c2nn(C3CCC(N4CCN(C)CC4)CC3)c3ncnc(N)c23)cc1. The lowest BCUT2D eigenvalue weighted by Crippen LogP contribution is -2.49. The number of oxime groups is 1. The lowest BCUT2D eigenvalue weighted by atomic mass is 9.90. The van der Waals surface area contributed by atoms with Gasteiger partial charge in [-0.25, -0.2) is 14.6 Å². The minimum atomic E-state index is 0.303. The molecular weight excluding hydrogens is 488 g/mol. The van der Waals surface area contributed by atoms with E-state index in [-0.39, 0.29) is 0 Å². The summed E-state index contributed by atoms with van der Waals surface area (Å²) in [6.45, 7) is 4.65. The molecule has 0 bridgehead atoms. The summed E-state index contributed by atoms with van der Waals surface area (Å²) in [7, 11) is 3.78. The van der Waals surface area contributed by atoms with E-state index in [4.69, 9.17) is 15.7 Å². The van der Waals surface area contributed by atoms with Gasteiger partial charge in [-0.1, -0.05) is 59.8 Å². The topological polar surface area (TPSA) is 97.7 Å². The van der Waals surface area contributed by atoms with Crippen LogP contribution in [0.3, 0.4) is 0 Å². The Labute approximate surface area is 229 Å². The molecule has 6 rings (SSSR count). The molecule has 202 valence electrons. The van der Waals surface area contributed by atoms with Crippen molar-refractivity contribution in [2.75, 3.05) is 46.1 Å². The van der Waals surface area contributed by atoms with E-state index < -0.39 is 0 Å². The Morgan fingerprint density at radius 1 is 0.872 bits per heavy atom. The van der Waals surface area contributed by atoms with Gasteiger partial charge in [0, 0.05) is 48.9 Å². The maximum Gasteiger partial charge on any atom is 0.164 e. The van der Waals surface area contributed by atoms with Crippen LogP contribution in [0.2, 0.25) is 0 Å². The third-order valence-electron chi connectivity index (χ3n) is 8.25. The zero-order valence-electron chi connectivity index (χ0n) is 22.7. The zero-order valence-corrected chi connectivity index (χ0v) is 22.7. The highest BCUT2D eigenvalue weighted by Gasteiger charge is 2.30. The first kappa shape index (κ1) is 25.5. The molecule has 1 saturated heterocycles. The van der Waals surface area contributed by atoms with Crippen LogP contribution < -0.4 is 5.73 Å². The van der Waals surface area contributed by atoms with E-state index in [9.17, 15) is 0 Å². The molecule has 2 aromatic heterocycles. The summed E-state index contributed by atoms with van der Waals surface area (Å²) in [5.74, 6) is 0.461. The summed E-state index contributed by atoms with van der Waals surface area (Å²) in [4.78, 5) is 19.2. The van der Waals surface area contributed by atoms with Gasteiger partial charge in [0.15, 0.2) is 5.65 Å². The highest BCUT2D eigenvalue weighted by molar-refractivity contribution is 6.12. The molecule has 2 aliphatic rings. The van der Waals surface area contributed by atoms with Crippen molar-refractivity contribution < 1.29 is 4.84 Å². The standard InChI is InChI=1S/C30H36N8O/c1-36-16-18-37(19-17-36)24-12-14-25(15-13-24)38-30-26(29(31)32-20-33-30)28(34-38)23-10-8-22(9-11-23)27(35-39-2)21-6-4-3-5-7-21/h3-11,20,24-25H,12-19H2,1-2H3,(H2,31,32,33)/b35-27+. The minimum Gasteiger partial charge on any atom is -0.399 e. The van der Waals surface area contributed by atoms with E-state index in [1.807, 2.05) is 42.5 Å². The molecule has 0 amide bonds. The average molecular weight is 525 g/mol. The molecule has 1 aliphatic heterocycles. The van der Waals surface area contributed by atoms with Crippen molar-refractivity contribution in [1.29, 1.82) is 0 Å². The number of hydrogen-bond acceptors (Lipinski definition) is 8. The molecule has 2 fully saturated rings. The Kier molecular flexibility index (Phi) is 7.26. The number of nitrogens with two attached hydrogens (primary N) is 1. The highest BCUT2D eigenvalue weighted by Crippen LogP contribution is 2.37. The van der Waals surface area contributed by atoms with Gasteiger partial charge < -0.3 is 15.5 Å². The van der Waals surface area contributed by atoms with E-state index in [1.54, 1.807) is 13.4 Å². The Morgan fingerprint density at radius 3 is 2.23 bits per heavy atom. The van der Waals surface area contributed by atoms with Crippen LogP contribution in [0, 0.1) is 0 Å². The third kappa shape index (κ3) is 5.12. The fraction of sp³-hybridized carbons (Fsp3) is 0.400. The van der Waals surface area contributed by atoms with Gasteiger partial charge >= 0.3 is 0 Å². The van der Waals surface area contributed by atoms with E-state index in [2.05, 4.69) is 48.8 Å². The van der Waals surface area contributed by atoms with E-state index in [0.717, 1.165) is 65.1 Å². The first-order valence-electron chi connectivity index (χ1n) is 13.8. The molecule has 4 aromatic rings. The Bertz CT molecular complexity index is 1430. The number of benzene rings is 2. The van der Waals surface area contributed by atoms with Gasteiger partial charge in [-0.15, -0.1) is 0 Å². The summed E-state index contributed by atoms with van der Waals surface area (Å²) in [5, 5.41) is 10.2. The normalized spacial score (nSPS) is 21.3. The Balaban J connectivity index is 1.27. The number of hydrogen-bond donors (Lipinski definition) is 1. The predicted octanol–water partition coefficient (Wildman–Crippen LogP) is 4.21. The van der Waals surface area contributed by atoms with Crippen LogP contribution in [-0.2, 0) is 4.84 Å². The molecule has 0 atom stereocenters. The number of aromatic nitrogens is 4. The Morgan fingerprint density at radius 2 is 1.54 bits per heavy atom. The molecule has 9 nitrogen and oxygen atoms in total. The number of rotatable bonds is 6. The highest BCUT2D eigenvalue weighted by atomic mass is 16.6. The van der Waals surface area contributed by atoms with Crippen LogP contribution in [0.5, 0.6) is 0 Å². The number of piperazine rings is 1. The van der Waals surface area contributed by atoms with Crippen molar-refractivity contribution in [2.24, 2.45) is 5.16 Å². The number of anilines is 1. The van der Waals surface area contributed by atoms with Crippen LogP contribution in [-0.4, -0.2) is 81.6 Å². The summed E-state index contributed by atoms with van der Waals surface area (Å²) < 4.78 is 2.11. The fourth-order valence-electron chi connectivity index (χ4n) is 6.05. The monoisotopic (exact) mass is 524 g/mol. The lowest BCUT2D eigenvalue weighted by molar-refractivity contribution is 0.0815. The van der Waals surface area contributed by atoms with Crippen molar-refractivity contribution in [2.45, 2.75) is 37.8 Å². The van der Waals surface area contributed by atoms with E-state index in [0.29, 0.717) is 17.9 Å².